The van der Waals surface area contributed by atoms with Crippen LogP contribution in [-0.4, -0.2) is 10.8 Å². The van der Waals surface area contributed by atoms with Crippen molar-refractivity contribution in [2.75, 3.05) is 0 Å². The summed E-state index contributed by atoms with van der Waals surface area (Å²) in [6.07, 6.45) is 1.69. The van der Waals surface area contributed by atoms with Gasteiger partial charge in [-0.3, -0.25) is 4.79 Å². The van der Waals surface area contributed by atoms with Crippen molar-refractivity contribution in [1.29, 1.82) is 0 Å². The summed E-state index contributed by atoms with van der Waals surface area (Å²) in [5, 5.41) is 0. The van der Waals surface area contributed by atoms with E-state index in [2.05, 4.69) is 4.98 Å². The van der Waals surface area contributed by atoms with Crippen LogP contribution in [0.2, 0.25) is 0 Å². The average molecular weight is 219 g/mol. The van der Waals surface area contributed by atoms with Gasteiger partial charge in [0.05, 0.1) is 0 Å². The number of aromatic nitrogens is 1. The number of benzene rings is 1. The molecule has 3 nitrogen and oxygen atoms in total. The molecule has 0 aliphatic carbocycles. The quantitative estimate of drug-likeness (QED) is 0.745. The molecule has 0 amide bonds. The molecule has 2 rings (SSSR count). The molecule has 4 heteroatoms. The molecule has 0 aliphatic rings. The molecular weight excluding hydrogens is 209 g/mol. The van der Waals surface area contributed by atoms with Gasteiger partial charge in [-0.2, -0.15) is 0 Å². The van der Waals surface area contributed by atoms with Crippen LogP contribution in [0.3, 0.4) is 0 Å². The van der Waals surface area contributed by atoms with E-state index >= 15 is 0 Å². The number of halogens is 1. The number of rotatable bonds is 3. The fraction of sp³-hybridized carbons (Fsp3) is 0.167. The van der Waals surface area contributed by atoms with E-state index in [1.807, 2.05) is 0 Å². The summed E-state index contributed by atoms with van der Waals surface area (Å²) in [5.74, 6) is 0.0954. The summed E-state index contributed by atoms with van der Waals surface area (Å²) in [6.45, 7) is 1.44. The fourth-order valence-electron chi connectivity index (χ4n) is 1.47. The van der Waals surface area contributed by atoms with E-state index in [9.17, 15) is 9.18 Å². The molecule has 0 saturated heterocycles. The molecule has 2 aromatic rings. The minimum atomic E-state index is -0.284. The Morgan fingerprint density at radius 3 is 2.69 bits per heavy atom. The predicted molar refractivity (Wildman–Crippen MR) is 55.7 cm³/mol. The van der Waals surface area contributed by atoms with Gasteiger partial charge in [-0.15, -0.1) is 0 Å². The van der Waals surface area contributed by atoms with Gasteiger partial charge >= 0.3 is 0 Å². The van der Waals surface area contributed by atoms with E-state index in [-0.39, 0.29) is 11.6 Å². The van der Waals surface area contributed by atoms with Crippen molar-refractivity contribution in [2.24, 2.45) is 0 Å². The molecule has 0 bridgehead atoms. The molecule has 0 aliphatic heterocycles. The Kier molecular flexibility index (Phi) is 2.81. The third kappa shape index (κ3) is 2.16. The van der Waals surface area contributed by atoms with E-state index < -0.39 is 0 Å². The lowest BCUT2D eigenvalue weighted by Crippen LogP contribution is -1.98. The lowest BCUT2D eigenvalue weighted by Gasteiger charge is -1.99. The number of hydrogen-bond acceptors (Lipinski definition) is 3. The third-order valence-electron chi connectivity index (χ3n) is 2.25. The van der Waals surface area contributed by atoms with Crippen LogP contribution in [0.1, 0.15) is 28.7 Å². The summed E-state index contributed by atoms with van der Waals surface area (Å²) < 4.78 is 17.8. The number of ketones is 1. The third-order valence-corrected chi connectivity index (χ3v) is 2.25. The Morgan fingerprint density at radius 1 is 1.38 bits per heavy atom. The zero-order valence-electron chi connectivity index (χ0n) is 8.74. The molecule has 0 unspecified atom stereocenters. The molecule has 1 aromatic heterocycles. The summed E-state index contributed by atoms with van der Waals surface area (Å²) in [4.78, 5) is 15.0. The van der Waals surface area contributed by atoms with Crippen LogP contribution in [0, 0.1) is 5.82 Å². The molecule has 0 N–H and O–H groups in total. The van der Waals surface area contributed by atoms with Crippen LogP contribution >= 0.6 is 0 Å². The van der Waals surface area contributed by atoms with Crippen molar-refractivity contribution < 1.29 is 13.6 Å². The number of carbonyl (C=O) groups excluding carboxylic acids is 1. The van der Waals surface area contributed by atoms with Gasteiger partial charge in [0.25, 0.3) is 0 Å². The van der Waals surface area contributed by atoms with Gasteiger partial charge in [0.2, 0.25) is 0 Å². The van der Waals surface area contributed by atoms with Crippen molar-refractivity contribution >= 4 is 5.78 Å². The lowest BCUT2D eigenvalue weighted by molar-refractivity contribution is 0.101. The first-order valence-electron chi connectivity index (χ1n) is 4.84. The number of nitrogens with zero attached hydrogens (tertiary/aromatic N) is 1. The van der Waals surface area contributed by atoms with Crippen molar-refractivity contribution in [1.82, 2.24) is 4.98 Å². The van der Waals surface area contributed by atoms with E-state index in [4.69, 9.17) is 4.42 Å². The minimum Gasteiger partial charge on any atom is -0.447 e. The topological polar surface area (TPSA) is 43.1 Å². The first-order valence-corrected chi connectivity index (χ1v) is 4.84. The molecule has 0 radical (unpaired) electrons. The second-order valence-electron chi connectivity index (χ2n) is 3.48. The maximum Gasteiger partial charge on any atom is 0.181 e. The number of oxazole rings is 1. The van der Waals surface area contributed by atoms with Crippen LogP contribution in [-0.2, 0) is 6.42 Å². The van der Waals surface area contributed by atoms with Gasteiger partial charge in [0.1, 0.15) is 17.3 Å². The second kappa shape index (κ2) is 4.26. The van der Waals surface area contributed by atoms with Crippen LogP contribution in [0.15, 0.2) is 35.1 Å². The van der Waals surface area contributed by atoms with Crippen molar-refractivity contribution in [3.05, 3.63) is 53.5 Å². The Labute approximate surface area is 91.9 Å². The van der Waals surface area contributed by atoms with Gasteiger partial charge in [-0.25, -0.2) is 9.37 Å². The number of Topliss-reactive ketones (excluding diaryl/α,β-unsaturated/α-hetero) is 1. The van der Waals surface area contributed by atoms with Crippen LogP contribution in [0.5, 0.6) is 0 Å². The standard InChI is InChI=1S/C12H10FNO2/c1-8(15)12-11(16-7-14-12)6-9-2-4-10(13)5-3-9/h2-5,7H,6H2,1H3. The van der Waals surface area contributed by atoms with Crippen LogP contribution < -0.4 is 0 Å². The highest BCUT2D eigenvalue weighted by Crippen LogP contribution is 2.14. The van der Waals surface area contributed by atoms with Crippen LogP contribution in [0.4, 0.5) is 4.39 Å². The molecule has 16 heavy (non-hydrogen) atoms. The van der Waals surface area contributed by atoms with Crippen LogP contribution in [0.25, 0.3) is 0 Å². The van der Waals surface area contributed by atoms with E-state index in [1.54, 1.807) is 12.1 Å². The average Bonchev–Trinajstić information content (AvgIpc) is 2.69. The summed E-state index contributed by atoms with van der Waals surface area (Å²) in [7, 11) is 0. The lowest BCUT2D eigenvalue weighted by atomic mass is 10.1. The second-order valence-corrected chi connectivity index (χ2v) is 3.48. The zero-order chi connectivity index (χ0) is 11.5. The minimum absolute atomic E-state index is 0.133. The number of carbonyl (C=O) groups is 1. The molecule has 0 fully saturated rings. The smallest absolute Gasteiger partial charge is 0.181 e. The van der Waals surface area contributed by atoms with Crippen molar-refractivity contribution in [2.45, 2.75) is 13.3 Å². The van der Waals surface area contributed by atoms with Crippen molar-refractivity contribution in [3.63, 3.8) is 0 Å². The highest BCUT2D eigenvalue weighted by Gasteiger charge is 2.12. The van der Waals surface area contributed by atoms with Crippen molar-refractivity contribution in [3.8, 4) is 0 Å². The maximum atomic E-state index is 12.7. The Morgan fingerprint density at radius 2 is 2.06 bits per heavy atom. The summed E-state index contributed by atoms with van der Waals surface area (Å²) in [6, 6.07) is 6.06. The molecule has 1 aromatic carbocycles. The zero-order valence-corrected chi connectivity index (χ0v) is 8.74. The molecular formula is C12H10FNO2. The first-order chi connectivity index (χ1) is 7.66. The van der Waals surface area contributed by atoms with E-state index in [1.165, 1.54) is 25.5 Å². The molecule has 0 atom stereocenters. The van der Waals surface area contributed by atoms with Gasteiger partial charge in [0, 0.05) is 13.3 Å². The Balaban J connectivity index is 2.23. The SMILES string of the molecule is CC(=O)c1ncoc1Cc1ccc(F)cc1. The predicted octanol–water partition coefficient (Wildman–Crippen LogP) is 2.61. The molecule has 0 spiro atoms. The maximum absolute atomic E-state index is 12.7. The first kappa shape index (κ1) is 10.5. The Hall–Kier alpha value is -1.97. The fourth-order valence-corrected chi connectivity index (χ4v) is 1.47. The van der Waals surface area contributed by atoms with E-state index in [0.29, 0.717) is 17.9 Å². The van der Waals surface area contributed by atoms with Gasteiger partial charge in [0.15, 0.2) is 12.2 Å². The largest absolute Gasteiger partial charge is 0.447 e. The van der Waals surface area contributed by atoms with Gasteiger partial charge in [-0.1, -0.05) is 12.1 Å². The highest BCUT2D eigenvalue weighted by atomic mass is 19.1. The van der Waals surface area contributed by atoms with Gasteiger partial charge < -0.3 is 4.42 Å². The summed E-state index contributed by atoms with van der Waals surface area (Å²) >= 11 is 0. The monoisotopic (exact) mass is 219 g/mol. The van der Waals surface area contributed by atoms with E-state index in [0.717, 1.165) is 5.56 Å². The molecule has 0 saturated carbocycles. The summed E-state index contributed by atoms with van der Waals surface area (Å²) in [5.41, 5.74) is 1.21. The molecule has 82 valence electrons. The Bertz CT molecular complexity index is 502. The highest BCUT2D eigenvalue weighted by molar-refractivity contribution is 5.93. The van der Waals surface area contributed by atoms with Gasteiger partial charge in [-0.05, 0) is 17.7 Å². The number of hydrogen-bond donors (Lipinski definition) is 0. The normalized spacial score (nSPS) is 10.4. The molecule has 1 heterocycles.